The van der Waals surface area contributed by atoms with Crippen LogP contribution in [0.15, 0.2) is 30.3 Å². The summed E-state index contributed by atoms with van der Waals surface area (Å²) in [6.07, 6.45) is 1.53. The zero-order chi connectivity index (χ0) is 10.7. The Bertz CT molecular complexity index is 337. The Morgan fingerprint density at radius 3 is 2.67 bits per heavy atom. The average Bonchev–Trinajstić information content (AvgIpc) is 2.27. The lowest BCUT2D eigenvalue weighted by Crippen LogP contribution is -2.47. The van der Waals surface area contributed by atoms with E-state index in [1.54, 1.807) is 0 Å². The molecular formula is C12H16N2O. The number of likely N-dealkylation sites (tertiary alicyclic amines) is 1. The van der Waals surface area contributed by atoms with Crippen LogP contribution in [-0.2, 0) is 4.79 Å². The van der Waals surface area contributed by atoms with Gasteiger partial charge in [0.15, 0.2) is 0 Å². The van der Waals surface area contributed by atoms with Gasteiger partial charge >= 0.3 is 0 Å². The summed E-state index contributed by atoms with van der Waals surface area (Å²) >= 11 is 0. The number of β-lactam (4-membered cyclic amide) rings is 1. The van der Waals surface area contributed by atoms with Crippen molar-refractivity contribution in [3.63, 3.8) is 0 Å². The third kappa shape index (κ3) is 2.02. The van der Waals surface area contributed by atoms with Gasteiger partial charge in [-0.2, -0.15) is 0 Å². The van der Waals surface area contributed by atoms with Crippen molar-refractivity contribution in [3.05, 3.63) is 35.9 Å². The molecular weight excluding hydrogens is 188 g/mol. The van der Waals surface area contributed by atoms with Crippen LogP contribution in [0.25, 0.3) is 0 Å². The quantitative estimate of drug-likeness (QED) is 0.752. The lowest BCUT2D eigenvalue weighted by Gasteiger charge is -2.40. The van der Waals surface area contributed by atoms with E-state index in [9.17, 15) is 4.79 Å². The van der Waals surface area contributed by atoms with Gasteiger partial charge in [-0.15, -0.1) is 0 Å². The molecule has 1 heterocycles. The van der Waals surface area contributed by atoms with Crippen LogP contribution in [0.4, 0.5) is 0 Å². The fourth-order valence-corrected chi connectivity index (χ4v) is 1.97. The predicted molar refractivity (Wildman–Crippen MR) is 59.2 cm³/mol. The van der Waals surface area contributed by atoms with Crippen molar-refractivity contribution in [3.8, 4) is 0 Å². The molecule has 1 aromatic rings. The minimum absolute atomic E-state index is 0.248. The van der Waals surface area contributed by atoms with E-state index in [0.29, 0.717) is 13.0 Å². The Balaban J connectivity index is 2.02. The van der Waals surface area contributed by atoms with Crippen molar-refractivity contribution in [1.82, 2.24) is 4.90 Å². The van der Waals surface area contributed by atoms with Crippen LogP contribution in [0.1, 0.15) is 24.4 Å². The van der Waals surface area contributed by atoms with Gasteiger partial charge in [0.05, 0.1) is 12.5 Å². The molecule has 3 heteroatoms. The van der Waals surface area contributed by atoms with Crippen molar-refractivity contribution in [1.29, 1.82) is 0 Å². The second-order valence-electron chi connectivity index (χ2n) is 3.86. The maximum Gasteiger partial charge on any atom is 0.225 e. The number of rotatable bonds is 4. The molecule has 0 saturated carbocycles. The molecule has 0 spiro atoms. The van der Waals surface area contributed by atoms with Crippen molar-refractivity contribution < 1.29 is 4.79 Å². The first-order valence-corrected chi connectivity index (χ1v) is 5.37. The number of hydrogen-bond acceptors (Lipinski definition) is 2. The van der Waals surface area contributed by atoms with Crippen molar-refractivity contribution in [2.75, 3.05) is 13.1 Å². The number of nitrogens with zero attached hydrogens (tertiary/aromatic N) is 1. The number of hydrogen-bond donors (Lipinski definition) is 1. The first-order chi connectivity index (χ1) is 7.33. The molecule has 1 unspecified atom stereocenters. The van der Waals surface area contributed by atoms with E-state index in [4.69, 9.17) is 5.73 Å². The largest absolute Gasteiger partial charge is 0.335 e. The van der Waals surface area contributed by atoms with Gasteiger partial charge in [0.2, 0.25) is 5.91 Å². The van der Waals surface area contributed by atoms with Crippen molar-refractivity contribution in [2.45, 2.75) is 18.9 Å². The van der Waals surface area contributed by atoms with Crippen LogP contribution in [-0.4, -0.2) is 23.9 Å². The minimum atomic E-state index is 0.248. The van der Waals surface area contributed by atoms with Crippen LogP contribution < -0.4 is 5.73 Å². The summed E-state index contributed by atoms with van der Waals surface area (Å²) in [7, 11) is 0. The molecule has 1 aliphatic heterocycles. The second-order valence-corrected chi connectivity index (χ2v) is 3.86. The van der Waals surface area contributed by atoms with Crippen LogP contribution in [0.3, 0.4) is 0 Å². The van der Waals surface area contributed by atoms with Gasteiger partial charge in [-0.1, -0.05) is 30.3 Å². The standard InChI is InChI=1S/C12H16N2O/c13-7-4-8-14-11(9-12(14)15)10-5-2-1-3-6-10/h1-3,5-6,11H,4,7-9,13H2. The topological polar surface area (TPSA) is 46.3 Å². The lowest BCUT2D eigenvalue weighted by molar-refractivity contribution is -0.146. The molecule has 1 aliphatic rings. The van der Waals surface area contributed by atoms with E-state index in [0.717, 1.165) is 13.0 Å². The Labute approximate surface area is 89.9 Å². The van der Waals surface area contributed by atoms with Gasteiger partial charge < -0.3 is 10.6 Å². The molecule has 1 aromatic carbocycles. The first-order valence-electron chi connectivity index (χ1n) is 5.37. The van der Waals surface area contributed by atoms with Crippen molar-refractivity contribution in [2.24, 2.45) is 5.73 Å². The molecule has 2 rings (SSSR count). The van der Waals surface area contributed by atoms with E-state index in [2.05, 4.69) is 12.1 Å². The van der Waals surface area contributed by atoms with Crippen LogP contribution in [0.2, 0.25) is 0 Å². The van der Waals surface area contributed by atoms with E-state index in [-0.39, 0.29) is 11.9 Å². The number of carbonyl (C=O) groups is 1. The molecule has 15 heavy (non-hydrogen) atoms. The molecule has 0 radical (unpaired) electrons. The third-order valence-electron chi connectivity index (χ3n) is 2.85. The minimum Gasteiger partial charge on any atom is -0.335 e. The third-order valence-corrected chi connectivity index (χ3v) is 2.85. The lowest BCUT2D eigenvalue weighted by atomic mass is 9.94. The van der Waals surface area contributed by atoms with Gasteiger partial charge in [0, 0.05) is 6.54 Å². The molecule has 3 nitrogen and oxygen atoms in total. The second kappa shape index (κ2) is 4.45. The molecule has 0 bridgehead atoms. The van der Waals surface area contributed by atoms with Crippen LogP contribution in [0, 0.1) is 0 Å². The molecule has 1 atom stereocenters. The van der Waals surface area contributed by atoms with Gasteiger partial charge in [0.1, 0.15) is 0 Å². The summed E-state index contributed by atoms with van der Waals surface area (Å²) in [5.41, 5.74) is 6.68. The Kier molecular flexibility index (Phi) is 3.02. The fourth-order valence-electron chi connectivity index (χ4n) is 1.97. The normalized spacial score (nSPS) is 20.2. The molecule has 1 saturated heterocycles. The highest BCUT2D eigenvalue weighted by molar-refractivity contribution is 5.83. The number of benzene rings is 1. The van der Waals surface area contributed by atoms with Crippen LogP contribution >= 0.6 is 0 Å². The van der Waals surface area contributed by atoms with Gasteiger partial charge in [-0.3, -0.25) is 4.79 Å². The summed E-state index contributed by atoms with van der Waals surface area (Å²) in [6.45, 7) is 1.43. The summed E-state index contributed by atoms with van der Waals surface area (Å²) < 4.78 is 0. The molecule has 1 amide bonds. The van der Waals surface area contributed by atoms with Gasteiger partial charge in [0.25, 0.3) is 0 Å². The molecule has 0 aliphatic carbocycles. The molecule has 1 fully saturated rings. The Hall–Kier alpha value is -1.35. The first kappa shape index (κ1) is 10.2. The molecule has 0 aromatic heterocycles. The summed E-state index contributed by atoms with van der Waals surface area (Å²) in [5, 5.41) is 0. The zero-order valence-electron chi connectivity index (χ0n) is 8.73. The smallest absolute Gasteiger partial charge is 0.225 e. The van der Waals surface area contributed by atoms with Crippen molar-refractivity contribution >= 4 is 5.91 Å². The van der Waals surface area contributed by atoms with E-state index in [1.807, 2.05) is 23.1 Å². The van der Waals surface area contributed by atoms with Crippen LogP contribution in [0.5, 0.6) is 0 Å². The van der Waals surface area contributed by atoms with Gasteiger partial charge in [-0.05, 0) is 18.5 Å². The number of nitrogens with two attached hydrogens (primary N) is 1. The summed E-state index contributed by atoms with van der Waals surface area (Å²) in [6, 6.07) is 10.5. The fraction of sp³-hybridized carbons (Fsp3) is 0.417. The molecule has 80 valence electrons. The number of carbonyl (C=O) groups excluding carboxylic acids is 1. The van der Waals surface area contributed by atoms with Gasteiger partial charge in [-0.25, -0.2) is 0 Å². The Morgan fingerprint density at radius 2 is 2.07 bits per heavy atom. The average molecular weight is 204 g/mol. The highest BCUT2D eigenvalue weighted by Gasteiger charge is 2.35. The van der Waals surface area contributed by atoms with E-state index >= 15 is 0 Å². The monoisotopic (exact) mass is 204 g/mol. The number of amides is 1. The Morgan fingerprint density at radius 1 is 1.33 bits per heavy atom. The predicted octanol–water partition coefficient (Wildman–Crippen LogP) is 1.31. The van der Waals surface area contributed by atoms with E-state index < -0.39 is 0 Å². The highest BCUT2D eigenvalue weighted by Crippen LogP contribution is 2.33. The maximum atomic E-state index is 11.4. The summed E-state index contributed by atoms with van der Waals surface area (Å²) in [5.74, 6) is 0.248. The maximum absolute atomic E-state index is 11.4. The zero-order valence-corrected chi connectivity index (χ0v) is 8.73. The highest BCUT2D eigenvalue weighted by atomic mass is 16.2. The summed E-state index contributed by atoms with van der Waals surface area (Å²) in [4.78, 5) is 13.3. The molecule has 2 N–H and O–H groups in total. The SMILES string of the molecule is NCCCN1C(=O)CC1c1ccccc1. The van der Waals surface area contributed by atoms with E-state index in [1.165, 1.54) is 5.56 Å².